The van der Waals surface area contributed by atoms with Gasteiger partial charge in [-0.3, -0.25) is 0 Å². The topological polar surface area (TPSA) is 20.2 Å². The first kappa shape index (κ1) is 8.32. The lowest BCUT2D eigenvalue weighted by molar-refractivity contribution is 0.480. The van der Waals surface area contributed by atoms with Gasteiger partial charge in [-0.2, -0.15) is 0 Å². The van der Waals surface area contributed by atoms with Crippen LogP contribution in [0.2, 0.25) is 5.02 Å². The summed E-state index contributed by atoms with van der Waals surface area (Å²) in [5.41, 5.74) is 0. The number of hydrogen-bond donors (Lipinski definition) is 1. The molecular weight excluding hydrogens is 191 g/mol. The third-order valence-corrected chi connectivity index (χ3v) is 2.21. The van der Waals surface area contributed by atoms with E-state index in [2.05, 4.69) is 0 Å². The molecule has 2 aromatic carbocycles. The summed E-state index contributed by atoms with van der Waals surface area (Å²) >= 11 is 5.60. The zero-order valence-corrected chi connectivity index (χ0v) is 7.35. The third-order valence-electron chi connectivity index (χ3n) is 1.92. The quantitative estimate of drug-likeness (QED) is 0.685. The fourth-order valence-corrected chi connectivity index (χ4v) is 1.48. The summed E-state index contributed by atoms with van der Waals surface area (Å²) in [5, 5.41) is 10.3. The Bertz CT molecular complexity index is 468. The minimum atomic E-state index is -0.418. The third kappa shape index (κ3) is 1.23. The second-order valence-corrected chi connectivity index (χ2v) is 3.14. The number of halogens is 2. The SMILES string of the molecule is Oc1c(Cl)cc(F)c2ccccc12. The Labute approximate surface area is 79.4 Å². The van der Waals surface area contributed by atoms with Gasteiger partial charge in [0.1, 0.15) is 11.6 Å². The Morgan fingerprint density at radius 3 is 2.46 bits per heavy atom. The Morgan fingerprint density at radius 1 is 1.15 bits per heavy atom. The highest BCUT2D eigenvalue weighted by atomic mass is 35.5. The molecule has 66 valence electrons. The average Bonchev–Trinajstić information content (AvgIpc) is 2.15. The van der Waals surface area contributed by atoms with E-state index in [1.54, 1.807) is 24.3 Å². The zero-order valence-electron chi connectivity index (χ0n) is 6.59. The summed E-state index contributed by atoms with van der Waals surface area (Å²) in [5.74, 6) is -0.489. The van der Waals surface area contributed by atoms with Crippen molar-refractivity contribution in [1.29, 1.82) is 0 Å². The van der Waals surface area contributed by atoms with Gasteiger partial charge in [0.25, 0.3) is 0 Å². The highest BCUT2D eigenvalue weighted by molar-refractivity contribution is 6.33. The molecule has 0 aromatic heterocycles. The molecule has 0 aliphatic heterocycles. The fraction of sp³-hybridized carbons (Fsp3) is 0. The summed E-state index contributed by atoms with van der Waals surface area (Å²) in [6.07, 6.45) is 0. The molecule has 0 unspecified atom stereocenters. The van der Waals surface area contributed by atoms with Crippen molar-refractivity contribution in [2.75, 3.05) is 0 Å². The van der Waals surface area contributed by atoms with Gasteiger partial charge in [0.2, 0.25) is 0 Å². The molecule has 0 aliphatic rings. The van der Waals surface area contributed by atoms with Gasteiger partial charge in [0, 0.05) is 10.8 Å². The molecule has 0 fully saturated rings. The maximum atomic E-state index is 13.2. The molecule has 0 heterocycles. The first-order valence-corrected chi connectivity index (χ1v) is 4.13. The summed E-state index contributed by atoms with van der Waals surface area (Å²) in [6.45, 7) is 0. The Kier molecular flexibility index (Phi) is 1.85. The molecular formula is C10H6ClFO. The van der Waals surface area contributed by atoms with Gasteiger partial charge in [-0.1, -0.05) is 35.9 Å². The summed E-state index contributed by atoms with van der Waals surface area (Å²) in [4.78, 5) is 0. The van der Waals surface area contributed by atoms with Gasteiger partial charge in [0.15, 0.2) is 0 Å². The molecule has 3 heteroatoms. The second-order valence-electron chi connectivity index (χ2n) is 2.73. The number of aromatic hydroxyl groups is 1. The van der Waals surface area contributed by atoms with E-state index in [4.69, 9.17) is 11.6 Å². The molecule has 0 amide bonds. The smallest absolute Gasteiger partial charge is 0.142 e. The van der Waals surface area contributed by atoms with Crippen molar-refractivity contribution in [3.63, 3.8) is 0 Å². The van der Waals surface area contributed by atoms with E-state index >= 15 is 0 Å². The van der Waals surface area contributed by atoms with Crippen LogP contribution in [0, 0.1) is 5.82 Å². The molecule has 13 heavy (non-hydrogen) atoms. The number of phenolic OH excluding ortho intramolecular Hbond substituents is 1. The molecule has 2 aromatic rings. The average molecular weight is 197 g/mol. The maximum absolute atomic E-state index is 13.2. The standard InChI is InChI=1S/C10H6ClFO/c11-8-5-9(12)6-3-1-2-4-7(6)10(8)13/h1-5,13H. The van der Waals surface area contributed by atoms with Crippen molar-refractivity contribution in [3.8, 4) is 5.75 Å². The van der Waals surface area contributed by atoms with E-state index in [9.17, 15) is 9.50 Å². The van der Waals surface area contributed by atoms with E-state index < -0.39 is 5.82 Å². The van der Waals surface area contributed by atoms with Crippen LogP contribution in [0.25, 0.3) is 10.8 Å². The van der Waals surface area contributed by atoms with Gasteiger partial charge in [-0.25, -0.2) is 4.39 Å². The fourth-order valence-electron chi connectivity index (χ4n) is 1.28. The number of rotatable bonds is 0. The van der Waals surface area contributed by atoms with E-state index in [0.717, 1.165) is 6.07 Å². The van der Waals surface area contributed by atoms with E-state index in [0.29, 0.717) is 10.8 Å². The number of hydrogen-bond acceptors (Lipinski definition) is 1. The normalized spacial score (nSPS) is 10.6. The summed E-state index contributed by atoms with van der Waals surface area (Å²) in [6, 6.07) is 7.76. The Morgan fingerprint density at radius 2 is 1.77 bits per heavy atom. The van der Waals surface area contributed by atoms with E-state index in [1.807, 2.05) is 0 Å². The van der Waals surface area contributed by atoms with Crippen LogP contribution < -0.4 is 0 Å². The summed E-state index contributed by atoms with van der Waals surface area (Å²) < 4.78 is 13.2. The van der Waals surface area contributed by atoms with Crippen LogP contribution >= 0.6 is 11.6 Å². The lowest BCUT2D eigenvalue weighted by Crippen LogP contribution is -1.81. The predicted molar refractivity (Wildman–Crippen MR) is 50.6 cm³/mol. The van der Waals surface area contributed by atoms with Crippen molar-refractivity contribution >= 4 is 22.4 Å². The van der Waals surface area contributed by atoms with Crippen LogP contribution in [-0.2, 0) is 0 Å². The van der Waals surface area contributed by atoms with Crippen LogP contribution in [-0.4, -0.2) is 5.11 Å². The van der Waals surface area contributed by atoms with Crippen LogP contribution in [0.5, 0.6) is 5.75 Å². The van der Waals surface area contributed by atoms with Crippen molar-refractivity contribution in [2.24, 2.45) is 0 Å². The largest absolute Gasteiger partial charge is 0.506 e. The van der Waals surface area contributed by atoms with Crippen LogP contribution in [0.4, 0.5) is 4.39 Å². The van der Waals surface area contributed by atoms with E-state index in [1.165, 1.54) is 0 Å². The number of fused-ring (bicyclic) bond motifs is 1. The molecule has 0 radical (unpaired) electrons. The molecule has 0 saturated carbocycles. The van der Waals surface area contributed by atoms with Gasteiger partial charge < -0.3 is 5.11 Å². The lowest BCUT2D eigenvalue weighted by Gasteiger charge is -2.03. The first-order valence-electron chi connectivity index (χ1n) is 3.76. The molecule has 0 spiro atoms. The minimum absolute atomic E-state index is 0.0381. The monoisotopic (exact) mass is 196 g/mol. The molecule has 0 atom stereocenters. The minimum Gasteiger partial charge on any atom is -0.506 e. The van der Waals surface area contributed by atoms with Crippen LogP contribution in [0.15, 0.2) is 30.3 Å². The van der Waals surface area contributed by atoms with Gasteiger partial charge in [0.05, 0.1) is 5.02 Å². The Balaban J connectivity index is 2.97. The zero-order chi connectivity index (χ0) is 9.42. The van der Waals surface area contributed by atoms with Gasteiger partial charge in [-0.05, 0) is 6.07 Å². The van der Waals surface area contributed by atoms with E-state index in [-0.39, 0.29) is 10.8 Å². The number of benzene rings is 2. The van der Waals surface area contributed by atoms with Crippen LogP contribution in [0.1, 0.15) is 0 Å². The van der Waals surface area contributed by atoms with Gasteiger partial charge in [-0.15, -0.1) is 0 Å². The molecule has 0 aliphatic carbocycles. The van der Waals surface area contributed by atoms with Crippen molar-refractivity contribution in [2.45, 2.75) is 0 Å². The second kappa shape index (κ2) is 2.89. The number of phenols is 1. The highest BCUT2D eigenvalue weighted by Crippen LogP contribution is 2.33. The van der Waals surface area contributed by atoms with Crippen molar-refractivity contribution < 1.29 is 9.50 Å². The lowest BCUT2D eigenvalue weighted by atomic mass is 10.1. The molecule has 1 nitrogen and oxygen atoms in total. The maximum Gasteiger partial charge on any atom is 0.142 e. The molecule has 2 rings (SSSR count). The van der Waals surface area contributed by atoms with Crippen molar-refractivity contribution in [1.82, 2.24) is 0 Å². The molecule has 1 N–H and O–H groups in total. The summed E-state index contributed by atoms with van der Waals surface area (Å²) in [7, 11) is 0. The first-order chi connectivity index (χ1) is 6.20. The van der Waals surface area contributed by atoms with Gasteiger partial charge >= 0.3 is 0 Å². The Hall–Kier alpha value is -1.28. The highest BCUT2D eigenvalue weighted by Gasteiger charge is 2.08. The molecule has 0 bridgehead atoms. The van der Waals surface area contributed by atoms with Crippen LogP contribution in [0.3, 0.4) is 0 Å². The predicted octanol–water partition coefficient (Wildman–Crippen LogP) is 3.34. The molecule has 0 saturated heterocycles. The van der Waals surface area contributed by atoms with Crippen molar-refractivity contribution in [3.05, 3.63) is 41.2 Å².